The molecular weight excluding hydrogens is 515 g/mol. The van der Waals surface area contributed by atoms with E-state index in [1.807, 2.05) is 19.1 Å². The summed E-state index contributed by atoms with van der Waals surface area (Å²) in [5.74, 6) is -1.95. The first-order valence-electron chi connectivity index (χ1n) is 13.0. The number of ether oxygens (including phenoxy) is 2. The van der Waals surface area contributed by atoms with Crippen molar-refractivity contribution in [3.05, 3.63) is 53.1 Å². The average molecular weight is 546 g/mol. The summed E-state index contributed by atoms with van der Waals surface area (Å²) < 4.78 is 51.1. The average Bonchev–Trinajstić information content (AvgIpc) is 3.27. The molecule has 1 aliphatic carbocycles. The topological polar surface area (TPSA) is 93.9 Å². The first-order valence-corrected chi connectivity index (χ1v) is 13.0. The molecule has 11 heteroatoms. The summed E-state index contributed by atoms with van der Waals surface area (Å²) >= 11 is 0. The number of rotatable bonds is 6. The molecule has 1 atom stereocenters. The lowest BCUT2D eigenvalue weighted by Gasteiger charge is -2.34. The van der Waals surface area contributed by atoms with Crippen LogP contribution in [0.2, 0.25) is 0 Å². The van der Waals surface area contributed by atoms with Gasteiger partial charge in [-0.15, -0.1) is 0 Å². The van der Waals surface area contributed by atoms with Gasteiger partial charge in [0.1, 0.15) is 5.82 Å². The molecule has 0 radical (unpaired) electrons. The molecule has 2 heterocycles. The van der Waals surface area contributed by atoms with Gasteiger partial charge in [-0.2, -0.15) is 8.78 Å². The van der Waals surface area contributed by atoms with E-state index in [2.05, 4.69) is 9.30 Å². The zero-order chi connectivity index (χ0) is 27.8. The molecule has 1 aromatic heterocycles. The highest BCUT2D eigenvalue weighted by Gasteiger charge is 2.33. The van der Waals surface area contributed by atoms with Gasteiger partial charge < -0.3 is 19.1 Å². The van der Waals surface area contributed by atoms with Crippen molar-refractivity contribution in [3.8, 4) is 5.75 Å². The number of aliphatic carboxylic acids is 1. The summed E-state index contributed by atoms with van der Waals surface area (Å²) in [6, 6.07) is 7.63. The molecule has 3 aromatic rings. The fourth-order valence-electron chi connectivity index (χ4n) is 5.96. The second kappa shape index (κ2) is 10.8. The van der Waals surface area contributed by atoms with Crippen molar-refractivity contribution >= 4 is 28.8 Å². The van der Waals surface area contributed by atoms with E-state index in [4.69, 9.17) is 9.72 Å². The molecule has 1 amide bonds. The van der Waals surface area contributed by atoms with Crippen LogP contribution in [0.5, 0.6) is 5.75 Å². The van der Waals surface area contributed by atoms with Gasteiger partial charge in [0, 0.05) is 24.1 Å². The SMILES string of the molecule is COC(=O)N1c2ccc3c(nc(Cc4ccc(OC(F)F)c(F)c4)n3C3CCC(C(=O)O)CC3)c2CC[C@@H]1C. The summed E-state index contributed by atoms with van der Waals surface area (Å²) in [4.78, 5) is 30.7. The standard InChI is InChI=1S/C28H30F3N3O5/c1-15-3-9-19-21(33(15)28(37)38-2)10-11-22-25(19)32-24(34(22)18-7-5-17(6-8-18)26(35)36)14-16-4-12-23(20(29)13-16)39-27(30)31/h4,10-13,15,17-18,27H,3,5-9,14H2,1-2H3,(H,35,36)/t15-,17?,18?/m0/s1. The molecule has 1 N–H and O–H groups in total. The Morgan fingerprint density at radius 2 is 1.87 bits per heavy atom. The van der Waals surface area contributed by atoms with Gasteiger partial charge in [-0.1, -0.05) is 6.07 Å². The largest absolute Gasteiger partial charge is 0.481 e. The lowest BCUT2D eigenvalue weighted by Crippen LogP contribution is -2.42. The maximum absolute atomic E-state index is 14.5. The van der Waals surface area contributed by atoms with E-state index in [1.54, 1.807) is 4.90 Å². The second-order valence-electron chi connectivity index (χ2n) is 10.2. The number of imidazole rings is 1. The normalized spacial score (nSPS) is 21.2. The van der Waals surface area contributed by atoms with Gasteiger partial charge in [0.25, 0.3) is 0 Å². The predicted molar refractivity (Wildman–Crippen MR) is 137 cm³/mol. The molecular formula is C28H30F3N3O5. The highest BCUT2D eigenvalue weighted by molar-refractivity contribution is 5.95. The third-order valence-corrected chi connectivity index (χ3v) is 7.88. The number of carbonyl (C=O) groups excluding carboxylic acids is 1. The number of benzene rings is 2. The van der Waals surface area contributed by atoms with Crippen LogP contribution in [0, 0.1) is 11.7 Å². The smallest absolute Gasteiger partial charge is 0.414 e. The van der Waals surface area contributed by atoms with E-state index in [9.17, 15) is 27.9 Å². The number of carboxylic acids is 1. The van der Waals surface area contributed by atoms with Crippen molar-refractivity contribution in [2.45, 2.75) is 70.6 Å². The Morgan fingerprint density at radius 3 is 2.51 bits per heavy atom. The van der Waals surface area contributed by atoms with Crippen molar-refractivity contribution in [1.29, 1.82) is 0 Å². The number of carbonyl (C=O) groups is 2. The number of amides is 1. The molecule has 0 unspecified atom stereocenters. The number of anilines is 1. The van der Waals surface area contributed by atoms with E-state index < -0.39 is 30.2 Å². The van der Waals surface area contributed by atoms with Crippen LogP contribution in [0.1, 0.15) is 62.0 Å². The van der Waals surface area contributed by atoms with Gasteiger partial charge in [-0.25, -0.2) is 14.2 Å². The number of aryl methyl sites for hydroxylation is 1. The minimum absolute atomic E-state index is 0.0100. The highest BCUT2D eigenvalue weighted by atomic mass is 19.3. The van der Waals surface area contributed by atoms with Crippen LogP contribution >= 0.6 is 0 Å². The van der Waals surface area contributed by atoms with Gasteiger partial charge in [-0.05, 0) is 75.3 Å². The molecule has 1 saturated carbocycles. The summed E-state index contributed by atoms with van der Waals surface area (Å²) in [7, 11) is 1.35. The third-order valence-electron chi connectivity index (χ3n) is 7.88. The molecule has 0 spiro atoms. The zero-order valence-corrected chi connectivity index (χ0v) is 21.7. The van der Waals surface area contributed by atoms with E-state index >= 15 is 0 Å². The van der Waals surface area contributed by atoms with E-state index in [0.717, 1.165) is 28.7 Å². The molecule has 5 rings (SSSR count). The fraction of sp³-hybridized carbons (Fsp3) is 0.464. The number of alkyl halides is 2. The van der Waals surface area contributed by atoms with Gasteiger partial charge in [0.15, 0.2) is 11.6 Å². The van der Waals surface area contributed by atoms with Crippen LogP contribution < -0.4 is 9.64 Å². The number of hydrogen-bond acceptors (Lipinski definition) is 5. The van der Waals surface area contributed by atoms with E-state index in [1.165, 1.54) is 25.3 Å². The summed E-state index contributed by atoms with van der Waals surface area (Å²) in [6.07, 6.45) is 3.57. The Morgan fingerprint density at radius 1 is 1.13 bits per heavy atom. The number of carboxylic acid groups (broad SMARTS) is 1. The molecule has 2 aromatic carbocycles. The fourth-order valence-corrected chi connectivity index (χ4v) is 5.96. The van der Waals surface area contributed by atoms with E-state index in [-0.39, 0.29) is 24.4 Å². The van der Waals surface area contributed by atoms with Gasteiger partial charge in [0.2, 0.25) is 0 Å². The molecule has 39 heavy (non-hydrogen) atoms. The Kier molecular flexibility index (Phi) is 7.42. The zero-order valence-electron chi connectivity index (χ0n) is 21.7. The van der Waals surface area contributed by atoms with Crippen LogP contribution in [-0.4, -0.2) is 46.5 Å². The summed E-state index contributed by atoms with van der Waals surface area (Å²) in [6.45, 7) is -1.17. The Hall–Kier alpha value is -3.76. The highest BCUT2D eigenvalue weighted by Crippen LogP contribution is 2.40. The maximum Gasteiger partial charge on any atom is 0.414 e. The van der Waals surface area contributed by atoms with Gasteiger partial charge in [0.05, 0.1) is 29.7 Å². The Labute approximate surface area is 223 Å². The number of methoxy groups -OCH3 is 1. The number of hydrogen-bond donors (Lipinski definition) is 1. The molecule has 0 saturated heterocycles. The van der Waals surface area contributed by atoms with Gasteiger partial charge in [-0.3, -0.25) is 9.69 Å². The lowest BCUT2D eigenvalue weighted by atomic mass is 9.85. The van der Waals surface area contributed by atoms with Crippen LogP contribution in [0.25, 0.3) is 11.0 Å². The van der Waals surface area contributed by atoms with Crippen LogP contribution in [0.3, 0.4) is 0 Å². The Bertz CT molecular complexity index is 1400. The number of nitrogens with zero attached hydrogens (tertiary/aromatic N) is 3. The molecule has 2 aliphatic rings. The van der Waals surface area contributed by atoms with Crippen molar-refractivity contribution < 1.29 is 37.3 Å². The lowest BCUT2D eigenvalue weighted by molar-refractivity contribution is -0.143. The third kappa shape index (κ3) is 5.14. The summed E-state index contributed by atoms with van der Waals surface area (Å²) in [5.41, 5.74) is 3.78. The number of fused-ring (bicyclic) bond motifs is 3. The minimum atomic E-state index is -3.13. The van der Waals surface area contributed by atoms with Crippen molar-refractivity contribution in [2.75, 3.05) is 12.0 Å². The first kappa shape index (κ1) is 26.8. The van der Waals surface area contributed by atoms with Crippen molar-refractivity contribution in [2.24, 2.45) is 5.92 Å². The van der Waals surface area contributed by atoms with Crippen LogP contribution in [0.4, 0.5) is 23.7 Å². The molecule has 0 bridgehead atoms. The van der Waals surface area contributed by atoms with E-state index in [0.29, 0.717) is 43.5 Å². The maximum atomic E-state index is 14.5. The minimum Gasteiger partial charge on any atom is -0.481 e. The van der Waals surface area contributed by atoms with Crippen LogP contribution in [0.15, 0.2) is 30.3 Å². The van der Waals surface area contributed by atoms with Crippen LogP contribution in [-0.2, 0) is 22.4 Å². The predicted octanol–water partition coefficient (Wildman–Crippen LogP) is 6.09. The van der Waals surface area contributed by atoms with Crippen molar-refractivity contribution in [1.82, 2.24) is 9.55 Å². The molecule has 1 aliphatic heterocycles. The number of halogens is 3. The number of aromatic nitrogens is 2. The molecule has 8 nitrogen and oxygen atoms in total. The monoisotopic (exact) mass is 545 g/mol. The first-order chi connectivity index (χ1) is 18.7. The Balaban J connectivity index is 1.58. The van der Waals surface area contributed by atoms with Crippen molar-refractivity contribution in [3.63, 3.8) is 0 Å². The molecule has 1 fully saturated rings. The summed E-state index contributed by atoms with van der Waals surface area (Å²) in [5, 5.41) is 9.47. The van der Waals surface area contributed by atoms with Gasteiger partial charge >= 0.3 is 18.7 Å². The molecule has 208 valence electrons. The second-order valence-corrected chi connectivity index (χ2v) is 10.2. The quantitative estimate of drug-likeness (QED) is 0.403.